The molecule has 0 saturated carbocycles. The van der Waals surface area contributed by atoms with E-state index in [0.717, 1.165) is 5.69 Å². The SMILES string of the molecule is Oc1ccccc1NCC#CSI. The smallest absolute Gasteiger partial charge is 0.138 e. The Hall–Kier alpha value is -0.540. The molecule has 0 atom stereocenters. The van der Waals surface area contributed by atoms with E-state index in [0.29, 0.717) is 6.54 Å². The summed E-state index contributed by atoms with van der Waals surface area (Å²) in [5.41, 5.74) is 0.718. The van der Waals surface area contributed by atoms with Gasteiger partial charge in [-0.1, -0.05) is 18.1 Å². The van der Waals surface area contributed by atoms with Gasteiger partial charge in [0.2, 0.25) is 0 Å². The van der Waals surface area contributed by atoms with Gasteiger partial charge in [-0.25, -0.2) is 0 Å². The van der Waals surface area contributed by atoms with Crippen molar-refractivity contribution < 1.29 is 5.11 Å². The van der Waals surface area contributed by atoms with Crippen molar-refractivity contribution in [3.05, 3.63) is 24.3 Å². The Morgan fingerprint density at radius 3 is 2.92 bits per heavy atom. The van der Waals surface area contributed by atoms with Crippen LogP contribution in [0.1, 0.15) is 0 Å². The van der Waals surface area contributed by atoms with Gasteiger partial charge >= 0.3 is 0 Å². The molecule has 0 heterocycles. The Balaban J connectivity index is 2.50. The maximum atomic E-state index is 9.35. The fraction of sp³-hybridized carbons (Fsp3) is 0.111. The van der Waals surface area contributed by atoms with Gasteiger partial charge in [0.05, 0.1) is 12.2 Å². The number of nitrogens with one attached hydrogen (secondary N) is 1. The third-order valence-corrected chi connectivity index (χ3v) is 2.26. The molecule has 0 aliphatic carbocycles. The lowest BCUT2D eigenvalue weighted by Gasteiger charge is -2.03. The summed E-state index contributed by atoms with van der Waals surface area (Å²) in [7, 11) is 1.45. The van der Waals surface area contributed by atoms with Gasteiger partial charge in [-0.3, -0.25) is 0 Å². The van der Waals surface area contributed by atoms with Crippen LogP contribution < -0.4 is 5.32 Å². The summed E-state index contributed by atoms with van der Waals surface area (Å²) in [6.07, 6.45) is 0. The first kappa shape index (κ1) is 10.5. The highest BCUT2D eigenvalue weighted by molar-refractivity contribution is 14.2. The molecule has 1 rings (SSSR count). The molecule has 68 valence electrons. The van der Waals surface area contributed by atoms with Crippen molar-refractivity contribution in [1.82, 2.24) is 0 Å². The van der Waals surface area contributed by atoms with Crippen LogP contribution in [-0.4, -0.2) is 11.7 Å². The predicted molar refractivity (Wildman–Crippen MR) is 66.0 cm³/mol. The normalized spacial score (nSPS) is 8.69. The number of phenolic OH excluding ortho intramolecular Hbond substituents is 1. The highest BCUT2D eigenvalue weighted by atomic mass is 127. The molecule has 0 radical (unpaired) electrons. The number of anilines is 1. The van der Waals surface area contributed by atoms with E-state index < -0.39 is 0 Å². The topological polar surface area (TPSA) is 32.3 Å². The van der Waals surface area contributed by atoms with Gasteiger partial charge in [0.1, 0.15) is 5.75 Å². The van der Waals surface area contributed by atoms with Gasteiger partial charge in [-0.15, -0.1) is 0 Å². The van der Waals surface area contributed by atoms with Crippen molar-refractivity contribution in [1.29, 1.82) is 0 Å². The average molecular weight is 305 g/mol. The molecule has 13 heavy (non-hydrogen) atoms. The van der Waals surface area contributed by atoms with Crippen LogP contribution in [0, 0.1) is 11.2 Å². The van der Waals surface area contributed by atoms with Crippen LogP contribution in [0.25, 0.3) is 0 Å². The third kappa shape index (κ3) is 3.79. The minimum Gasteiger partial charge on any atom is -0.506 e. The molecule has 0 aliphatic rings. The molecule has 0 aliphatic heterocycles. The largest absolute Gasteiger partial charge is 0.506 e. The molecule has 0 aromatic heterocycles. The molecular weight excluding hydrogens is 297 g/mol. The summed E-state index contributed by atoms with van der Waals surface area (Å²) >= 11 is 2.11. The Bertz CT molecular complexity index is 332. The fourth-order valence-corrected chi connectivity index (χ4v) is 1.42. The first-order valence-electron chi connectivity index (χ1n) is 3.62. The van der Waals surface area contributed by atoms with Crippen LogP contribution in [-0.2, 0) is 0 Å². The molecule has 1 aromatic rings. The van der Waals surface area contributed by atoms with E-state index in [9.17, 15) is 5.11 Å². The number of hydrogen-bond acceptors (Lipinski definition) is 3. The van der Waals surface area contributed by atoms with Gasteiger partial charge in [-0.2, -0.15) is 0 Å². The standard InChI is InChI=1S/C9H8INOS/c10-13-7-3-6-11-8-4-1-2-5-9(8)12/h1-2,4-5,11-12H,6H2. The van der Waals surface area contributed by atoms with E-state index in [1.165, 1.54) is 8.93 Å². The number of para-hydroxylation sites is 2. The van der Waals surface area contributed by atoms with Gasteiger partial charge < -0.3 is 10.4 Å². The number of rotatable bonds is 2. The Morgan fingerprint density at radius 1 is 1.46 bits per heavy atom. The third-order valence-electron chi connectivity index (χ3n) is 1.38. The second-order valence-corrected chi connectivity index (χ2v) is 3.91. The van der Waals surface area contributed by atoms with Crippen molar-refractivity contribution >= 4 is 35.8 Å². The van der Waals surface area contributed by atoms with Crippen molar-refractivity contribution in [2.75, 3.05) is 11.9 Å². The molecule has 1 aromatic carbocycles. The van der Waals surface area contributed by atoms with Crippen LogP contribution in [0.5, 0.6) is 5.75 Å². The van der Waals surface area contributed by atoms with Crippen LogP contribution >= 0.6 is 30.1 Å². The molecule has 0 unspecified atom stereocenters. The first-order valence-corrected chi connectivity index (χ1v) is 6.98. The highest BCUT2D eigenvalue weighted by Gasteiger charge is 1.94. The van der Waals surface area contributed by atoms with Crippen molar-refractivity contribution in [2.24, 2.45) is 0 Å². The Kier molecular flexibility index (Phi) is 4.86. The molecule has 2 nitrogen and oxygen atoms in total. The Morgan fingerprint density at radius 2 is 2.23 bits per heavy atom. The van der Waals surface area contributed by atoms with Crippen LogP contribution in [0.3, 0.4) is 0 Å². The quantitative estimate of drug-likeness (QED) is 0.501. The zero-order valence-electron chi connectivity index (χ0n) is 6.75. The van der Waals surface area contributed by atoms with Crippen molar-refractivity contribution in [3.8, 4) is 16.9 Å². The zero-order chi connectivity index (χ0) is 9.52. The van der Waals surface area contributed by atoms with Gasteiger partial charge in [0.15, 0.2) is 0 Å². The maximum absolute atomic E-state index is 9.35. The molecule has 0 saturated heterocycles. The molecule has 0 bridgehead atoms. The van der Waals surface area contributed by atoms with Gasteiger partial charge in [0.25, 0.3) is 0 Å². The summed E-state index contributed by atoms with van der Waals surface area (Å²) in [6, 6.07) is 7.10. The lowest BCUT2D eigenvalue weighted by Crippen LogP contribution is -1.97. The number of benzene rings is 1. The second-order valence-electron chi connectivity index (χ2n) is 2.23. The van der Waals surface area contributed by atoms with E-state index in [1.54, 1.807) is 12.1 Å². The fourth-order valence-electron chi connectivity index (χ4n) is 0.826. The van der Waals surface area contributed by atoms with Crippen molar-refractivity contribution in [3.63, 3.8) is 0 Å². The van der Waals surface area contributed by atoms with E-state index >= 15 is 0 Å². The zero-order valence-corrected chi connectivity index (χ0v) is 9.72. The molecule has 2 N–H and O–H groups in total. The van der Waals surface area contributed by atoms with Gasteiger partial charge in [-0.05, 0) is 26.3 Å². The summed E-state index contributed by atoms with van der Waals surface area (Å²) in [5, 5.41) is 15.2. The average Bonchev–Trinajstić information content (AvgIpc) is 2.15. The minimum absolute atomic E-state index is 0.256. The van der Waals surface area contributed by atoms with Gasteiger partial charge in [0, 0.05) is 21.2 Å². The molecular formula is C9H8INOS. The minimum atomic E-state index is 0.256. The van der Waals surface area contributed by atoms with Crippen LogP contribution in [0.4, 0.5) is 5.69 Å². The maximum Gasteiger partial charge on any atom is 0.138 e. The van der Waals surface area contributed by atoms with E-state index in [-0.39, 0.29) is 5.75 Å². The lowest BCUT2D eigenvalue weighted by molar-refractivity contribution is 0.477. The number of hydrogen-bond donors (Lipinski definition) is 2. The monoisotopic (exact) mass is 305 g/mol. The molecule has 0 fully saturated rings. The van der Waals surface area contributed by atoms with E-state index in [1.807, 2.05) is 12.1 Å². The Labute approximate surface area is 93.7 Å². The molecule has 4 heteroatoms. The summed E-state index contributed by atoms with van der Waals surface area (Å²) < 4.78 is 0. The highest BCUT2D eigenvalue weighted by Crippen LogP contribution is 2.20. The second kappa shape index (κ2) is 6.00. The number of phenols is 1. The number of halogens is 1. The van der Waals surface area contributed by atoms with E-state index in [4.69, 9.17) is 0 Å². The number of aromatic hydroxyl groups is 1. The lowest BCUT2D eigenvalue weighted by atomic mass is 10.3. The van der Waals surface area contributed by atoms with Crippen LogP contribution in [0.2, 0.25) is 0 Å². The molecule has 0 spiro atoms. The van der Waals surface area contributed by atoms with Crippen molar-refractivity contribution in [2.45, 2.75) is 0 Å². The molecule has 0 amide bonds. The van der Waals surface area contributed by atoms with Crippen LogP contribution in [0.15, 0.2) is 24.3 Å². The summed E-state index contributed by atoms with van der Waals surface area (Å²) in [4.78, 5) is 0. The predicted octanol–water partition coefficient (Wildman–Crippen LogP) is 2.85. The van der Waals surface area contributed by atoms with E-state index in [2.05, 4.69) is 37.7 Å². The summed E-state index contributed by atoms with van der Waals surface area (Å²) in [5.74, 6) is 3.15. The summed E-state index contributed by atoms with van der Waals surface area (Å²) in [6.45, 7) is 0.549. The first-order chi connectivity index (χ1) is 6.34.